The lowest BCUT2D eigenvalue weighted by Gasteiger charge is -2.31. The number of hydrogen-bond acceptors (Lipinski definition) is 4. The molecule has 0 saturated carbocycles. The molecule has 0 radical (unpaired) electrons. The fourth-order valence-electron chi connectivity index (χ4n) is 3.04. The third-order valence-electron chi connectivity index (χ3n) is 4.41. The first-order valence-corrected chi connectivity index (χ1v) is 7.86. The zero-order valence-corrected chi connectivity index (χ0v) is 12.9. The minimum Gasteiger partial charge on any atom is -0.299 e. The molecule has 0 atom stereocenters. The molecule has 1 aromatic heterocycles. The summed E-state index contributed by atoms with van der Waals surface area (Å²) in [5.74, 6) is 0.486. The van der Waals surface area contributed by atoms with Crippen molar-refractivity contribution in [3.8, 4) is 12.1 Å². The maximum atomic E-state index is 8.84. The van der Waals surface area contributed by atoms with Gasteiger partial charge in [0.2, 0.25) is 0 Å². The van der Waals surface area contributed by atoms with Crippen LogP contribution < -0.4 is 0 Å². The molecule has 4 nitrogen and oxygen atoms in total. The number of aromatic nitrogens is 1. The standard InChI is InChI=1S/C19H18N4/c20-11-15-1-3-16(4-2-15)14-23-9-7-18(8-10-23)19-6-5-17(12-21)13-22-19/h1-6,13,18H,7-10,14H2. The summed E-state index contributed by atoms with van der Waals surface area (Å²) in [5.41, 5.74) is 3.67. The first-order valence-electron chi connectivity index (χ1n) is 7.86. The van der Waals surface area contributed by atoms with Crippen LogP contribution in [-0.2, 0) is 6.54 Å². The highest BCUT2D eigenvalue weighted by Gasteiger charge is 2.21. The molecule has 4 heteroatoms. The molecule has 0 N–H and O–H groups in total. The van der Waals surface area contributed by atoms with Crippen molar-refractivity contribution in [2.24, 2.45) is 0 Å². The van der Waals surface area contributed by atoms with Gasteiger partial charge in [0, 0.05) is 24.4 Å². The second kappa shape index (κ2) is 7.05. The Morgan fingerprint density at radius 2 is 1.61 bits per heavy atom. The maximum Gasteiger partial charge on any atom is 0.101 e. The van der Waals surface area contributed by atoms with E-state index >= 15 is 0 Å². The van der Waals surface area contributed by atoms with Crippen LogP contribution in [0.4, 0.5) is 0 Å². The highest BCUT2D eigenvalue weighted by atomic mass is 15.1. The van der Waals surface area contributed by atoms with Crippen LogP contribution in [0.3, 0.4) is 0 Å². The minimum atomic E-state index is 0.486. The number of hydrogen-bond donors (Lipinski definition) is 0. The topological polar surface area (TPSA) is 63.7 Å². The Morgan fingerprint density at radius 1 is 0.957 bits per heavy atom. The van der Waals surface area contributed by atoms with Crippen molar-refractivity contribution >= 4 is 0 Å². The SMILES string of the molecule is N#Cc1ccc(CN2CCC(c3ccc(C#N)cn3)CC2)cc1. The van der Waals surface area contributed by atoms with Crippen molar-refractivity contribution in [1.29, 1.82) is 10.5 Å². The second-order valence-electron chi connectivity index (χ2n) is 5.94. The van der Waals surface area contributed by atoms with Crippen molar-refractivity contribution in [3.05, 3.63) is 65.0 Å². The molecule has 0 spiro atoms. The molecule has 0 aliphatic carbocycles. The Labute approximate surface area is 136 Å². The molecule has 2 aromatic rings. The largest absolute Gasteiger partial charge is 0.299 e. The van der Waals surface area contributed by atoms with Crippen LogP contribution in [0.5, 0.6) is 0 Å². The first-order chi connectivity index (χ1) is 11.3. The fourth-order valence-corrected chi connectivity index (χ4v) is 3.04. The Bertz CT molecular complexity index is 727. The second-order valence-corrected chi connectivity index (χ2v) is 5.94. The van der Waals surface area contributed by atoms with Crippen molar-refractivity contribution in [2.75, 3.05) is 13.1 Å². The summed E-state index contributed by atoms with van der Waals surface area (Å²) in [6.07, 6.45) is 3.85. The predicted octanol–water partition coefficient (Wildman–Crippen LogP) is 3.20. The van der Waals surface area contributed by atoms with E-state index in [2.05, 4.69) is 22.0 Å². The summed E-state index contributed by atoms with van der Waals surface area (Å²) in [6, 6.07) is 15.9. The van der Waals surface area contributed by atoms with Gasteiger partial charge in [-0.1, -0.05) is 12.1 Å². The van der Waals surface area contributed by atoms with Crippen LogP contribution >= 0.6 is 0 Å². The van der Waals surface area contributed by atoms with E-state index < -0.39 is 0 Å². The van der Waals surface area contributed by atoms with Gasteiger partial charge in [0.25, 0.3) is 0 Å². The molecule has 0 unspecified atom stereocenters. The Morgan fingerprint density at radius 3 is 2.17 bits per heavy atom. The van der Waals surface area contributed by atoms with Gasteiger partial charge in [0.15, 0.2) is 0 Å². The Kier molecular flexibility index (Phi) is 4.66. The molecule has 2 heterocycles. The summed E-state index contributed by atoms with van der Waals surface area (Å²) in [5, 5.41) is 17.7. The Hall–Kier alpha value is -2.69. The first kappa shape index (κ1) is 15.2. The number of benzene rings is 1. The zero-order chi connectivity index (χ0) is 16.1. The molecule has 0 bridgehead atoms. The average molecular weight is 302 g/mol. The quantitative estimate of drug-likeness (QED) is 0.873. The third-order valence-corrected chi connectivity index (χ3v) is 4.41. The van der Waals surface area contributed by atoms with Crippen LogP contribution in [0, 0.1) is 22.7 Å². The maximum absolute atomic E-state index is 8.84. The summed E-state index contributed by atoms with van der Waals surface area (Å²) in [6.45, 7) is 3.03. The number of nitriles is 2. The van der Waals surface area contributed by atoms with Crippen molar-refractivity contribution in [1.82, 2.24) is 9.88 Å². The van der Waals surface area contributed by atoms with Crippen molar-refractivity contribution < 1.29 is 0 Å². The van der Waals surface area contributed by atoms with E-state index in [4.69, 9.17) is 10.5 Å². The van der Waals surface area contributed by atoms with E-state index in [-0.39, 0.29) is 0 Å². The lowest BCUT2D eigenvalue weighted by Crippen LogP contribution is -2.32. The highest BCUT2D eigenvalue weighted by Crippen LogP contribution is 2.27. The summed E-state index contributed by atoms with van der Waals surface area (Å²) in [7, 11) is 0. The highest BCUT2D eigenvalue weighted by molar-refractivity contribution is 5.31. The monoisotopic (exact) mass is 302 g/mol. The summed E-state index contributed by atoms with van der Waals surface area (Å²) >= 11 is 0. The molecule has 114 valence electrons. The number of piperidine rings is 1. The zero-order valence-electron chi connectivity index (χ0n) is 12.9. The number of likely N-dealkylation sites (tertiary alicyclic amines) is 1. The van der Waals surface area contributed by atoms with E-state index in [0.29, 0.717) is 17.0 Å². The smallest absolute Gasteiger partial charge is 0.101 e. The van der Waals surface area contributed by atoms with E-state index in [1.807, 2.05) is 36.4 Å². The van der Waals surface area contributed by atoms with Gasteiger partial charge < -0.3 is 0 Å². The van der Waals surface area contributed by atoms with Gasteiger partial charge in [-0.25, -0.2) is 0 Å². The van der Waals surface area contributed by atoms with Crippen LogP contribution in [0.1, 0.15) is 41.1 Å². The summed E-state index contributed by atoms with van der Waals surface area (Å²) < 4.78 is 0. The van der Waals surface area contributed by atoms with Crippen LogP contribution in [0.2, 0.25) is 0 Å². The average Bonchev–Trinajstić information content (AvgIpc) is 2.63. The molecule has 0 amide bonds. The van der Waals surface area contributed by atoms with E-state index in [1.54, 1.807) is 6.20 Å². The van der Waals surface area contributed by atoms with Gasteiger partial charge in [-0.05, 0) is 55.8 Å². The normalized spacial score (nSPS) is 15.7. The van der Waals surface area contributed by atoms with Crippen molar-refractivity contribution in [2.45, 2.75) is 25.3 Å². The third kappa shape index (κ3) is 3.74. The van der Waals surface area contributed by atoms with Gasteiger partial charge in [-0.15, -0.1) is 0 Å². The van der Waals surface area contributed by atoms with Gasteiger partial charge in [0.1, 0.15) is 6.07 Å². The Balaban J connectivity index is 1.55. The molecular weight excluding hydrogens is 284 g/mol. The van der Waals surface area contributed by atoms with Gasteiger partial charge >= 0.3 is 0 Å². The molecule has 1 saturated heterocycles. The lowest BCUT2D eigenvalue weighted by molar-refractivity contribution is 0.203. The van der Waals surface area contributed by atoms with Gasteiger partial charge in [-0.3, -0.25) is 9.88 Å². The van der Waals surface area contributed by atoms with Crippen LogP contribution in [-0.4, -0.2) is 23.0 Å². The molecule has 1 aliphatic heterocycles. The molecular formula is C19H18N4. The lowest BCUT2D eigenvalue weighted by atomic mass is 9.92. The van der Waals surface area contributed by atoms with Crippen LogP contribution in [0.15, 0.2) is 42.6 Å². The fraction of sp³-hybridized carbons (Fsp3) is 0.316. The van der Waals surface area contributed by atoms with E-state index in [9.17, 15) is 0 Å². The molecule has 1 fully saturated rings. The minimum absolute atomic E-state index is 0.486. The molecule has 23 heavy (non-hydrogen) atoms. The number of nitrogens with zero attached hydrogens (tertiary/aromatic N) is 4. The number of pyridine rings is 1. The molecule has 3 rings (SSSR count). The van der Waals surface area contributed by atoms with E-state index in [0.717, 1.165) is 38.2 Å². The van der Waals surface area contributed by atoms with Crippen LogP contribution in [0.25, 0.3) is 0 Å². The predicted molar refractivity (Wildman–Crippen MR) is 87.4 cm³/mol. The van der Waals surface area contributed by atoms with Gasteiger partial charge in [-0.2, -0.15) is 10.5 Å². The van der Waals surface area contributed by atoms with Crippen molar-refractivity contribution in [3.63, 3.8) is 0 Å². The molecule has 1 aromatic carbocycles. The number of rotatable bonds is 3. The van der Waals surface area contributed by atoms with E-state index in [1.165, 1.54) is 5.56 Å². The summed E-state index contributed by atoms with van der Waals surface area (Å²) in [4.78, 5) is 6.88. The molecule has 1 aliphatic rings. The van der Waals surface area contributed by atoms with Gasteiger partial charge in [0.05, 0.1) is 17.2 Å².